The van der Waals surface area contributed by atoms with Crippen molar-refractivity contribution in [2.75, 3.05) is 32.1 Å². The van der Waals surface area contributed by atoms with E-state index in [2.05, 4.69) is 15.3 Å². The second-order valence-corrected chi connectivity index (χ2v) is 6.25. The van der Waals surface area contributed by atoms with Crippen LogP contribution in [0.3, 0.4) is 0 Å². The Balaban J connectivity index is 1.76. The fourth-order valence-electron chi connectivity index (χ4n) is 3.09. The van der Waals surface area contributed by atoms with Crippen LogP contribution in [0.15, 0.2) is 23.1 Å². The van der Waals surface area contributed by atoms with Crippen LogP contribution in [0.1, 0.15) is 19.8 Å². The minimum absolute atomic E-state index is 0.0894. The summed E-state index contributed by atoms with van der Waals surface area (Å²) in [5.41, 5.74) is 0.399. The summed E-state index contributed by atoms with van der Waals surface area (Å²) < 4.78 is 10.1. The molecule has 2 N–H and O–H groups in total. The number of amides is 2. The number of piperidine rings is 1. The summed E-state index contributed by atoms with van der Waals surface area (Å²) in [6, 6.07) is 2.89. The summed E-state index contributed by atoms with van der Waals surface area (Å²) in [5, 5.41) is 2.61. The molecule has 0 spiro atoms. The number of methoxy groups -OCH3 is 1. The van der Waals surface area contributed by atoms with Crippen molar-refractivity contribution < 1.29 is 19.1 Å². The molecule has 2 aromatic heterocycles. The molecule has 1 saturated heterocycles. The number of aromatic amines is 1. The van der Waals surface area contributed by atoms with Gasteiger partial charge in [0.1, 0.15) is 11.2 Å². The predicted molar refractivity (Wildman–Crippen MR) is 98.9 cm³/mol. The van der Waals surface area contributed by atoms with Crippen molar-refractivity contribution in [3.63, 3.8) is 0 Å². The summed E-state index contributed by atoms with van der Waals surface area (Å²) in [4.78, 5) is 45.7. The molecular formula is C18H22N4O5. The molecule has 0 aliphatic carbocycles. The standard InChI is InChI=1S/C18H22N4O5/c1-3-27-17(24)11-5-4-8-22(10-11)18(25)20-13-9-19-12-6-7-14(26-2)21-15(12)16(13)23/h6-7,9,11H,3-5,8,10H2,1-2H3,(H,19,23)(H,20,25)/t11-/m1/s1. The lowest BCUT2D eigenvalue weighted by atomic mass is 9.98. The Bertz CT molecular complexity index is 910. The zero-order valence-corrected chi connectivity index (χ0v) is 15.3. The molecule has 3 rings (SSSR count). The average Bonchev–Trinajstić information content (AvgIpc) is 2.70. The van der Waals surface area contributed by atoms with Gasteiger partial charge in [0, 0.05) is 25.4 Å². The number of rotatable bonds is 4. The largest absolute Gasteiger partial charge is 0.481 e. The summed E-state index contributed by atoms with van der Waals surface area (Å²) in [6.45, 7) is 2.84. The number of hydrogen-bond donors (Lipinski definition) is 2. The highest BCUT2D eigenvalue weighted by Gasteiger charge is 2.29. The van der Waals surface area contributed by atoms with Gasteiger partial charge in [0.05, 0.1) is 25.2 Å². The minimum Gasteiger partial charge on any atom is -0.481 e. The van der Waals surface area contributed by atoms with Crippen molar-refractivity contribution in [3.8, 4) is 5.88 Å². The highest BCUT2D eigenvalue weighted by Crippen LogP contribution is 2.19. The van der Waals surface area contributed by atoms with Crippen molar-refractivity contribution in [2.24, 2.45) is 5.92 Å². The van der Waals surface area contributed by atoms with E-state index in [-0.39, 0.29) is 29.6 Å². The Morgan fingerprint density at radius 2 is 2.22 bits per heavy atom. The van der Waals surface area contributed by atoms with Crippen LogP contribution < -0.4 is 15.5 Å². The highest BCUT2D eigenvalue weighted by atomic mass is 16.5. The van der Waals surface area contributed by atoms with E-state index in [0.717, 1.165) is 0 Å². The molecule has 1 aliphatic heterocycles. The van der Waals surface area contributed by atoms with E-state index in [1.807, 2.05) is 0 Å². The quantitative estimate of drug-likeness (QED) is 0.788. The number of anilines is 1. The first-order chi connectivity index (χ1) is 13.0. The smallest absolute Gasteiger partial charge is 0.322 e. The van der Waals surface area contributed by atoms with Crippen molar-refractivity contribution in [1.29, 1.82) is 0 Å². The van der Waals surface area contributed by atoms with Crippen LogP contribution in [0.2, 0.25) is 0 Å². The van der Waals surface area contributed by atoms with Gasteiger partial charge in [-0.1, -0.05) is 0 Å². The van der Waals surface area contributed by atoms with E-state index < -0.39 is 11.5 Å². The van der Waals surface area contributed by atoms with E-state index in [1.54, 1.807) is 19.1 Å². The number of likely N-dealkylation sites (tertiary alicyclic amines) is 1. The van der Waals surface area contributed by atoms with Gasteiger partial charge in [0.2, 0.25) is 11.3 Å². The van der Waals surface area contributed by atoms with Crippen molar-refractivity contribution in [2.45, 2.75) is 19.8 Å². The van der Waals surface area contributed by atoms with Crippen LogP contribution in [0.25, 0.3) is 11.0 Å². The number of ether oxygens (including phenoxy) is 2. The van der Waals surface area contributed by atoms with Crippen LogP contribution >= 0.6 is 0 Å². The Morgan fingerprint density at radius 1 is 1.41 bits per heavy atom. The molecule has 27 heavy (non-hydrogen) atoms. The first-order valence-electron chi connectivity index (χ1n) is 8.82. The number of aromatic nitrogens is 2. The zero-order valence-electron chi connectivity index (χ0n) is 15.3. The maximum Gasteiger partial charge on any atom is 0.322 e. The first-order valence-corrected chi connectivity index (χ1v) is 8.82. The summed E-state index contributed by atoms with van der Waals surface area (Å²) in [5.74, 6) is -0.329. The fraction of sp³-hybridized carbons (Fsp3) is 0.444. The van der Waals surface area contributed by atoms with Crippen LogP contribution in [-0.4, -0.2) is 53.7 Å². The molecule has 9 nitrogen and oxygen atoms in total. The van der Waals surface area contributed by atoms with E-state index in [0.29, 0.717) is 37.4 Å². The van der Waals surface area contributed by atoms with Gasteiger partial charge in [-0.05, 0) is 25.8 Å². The lowest BCUT2D eigenvalue weighted by Gasteiger charge is -2.31. The molecule has 0 aromatic carbocycles. The van der Waals surface area contributed by atoms with Crippen LogP contribution in [0.5, 0.6) is 5.88 Å². The molecule has 1 aliphatic rings. The van der Waals surface area contributed by atoms with Crippen LogP contribution in [0, 0.1) is 5.92 Å². The summed E-state index contributed by atoms with van der Waals surface area (Å²) in [6.07, 6.45) is 2.82. The third-order valence-corrected chi connectivity index (χ3v) is 4.48. The molecule has 0 bridgehead atoms. The number of fused-ring (bicyclic) bond motifs is 1. The van der Waals surface area contributed by atoms with Gasteiger partial charge in [0.15, 0.2) is 0 Å². The maximum atomic E-state index is 12.6. The second-order valence-electron chi connectivity index (χ2n) is 6.25. The number of urea groups is 1. The molecule has 0 saturated carbocycles. The molecule has 1 atom stereocenters. The van der Waals surface area contributed by atoms with Crippen molar-refractivity contribution in [3.05, 3.63) is 28.6 Å². The fourth-order valence-corrected chi connectivity index (χ4v) is 3.09. The molecule has 0 radical (unpaired) electrons. The second kappa shape index (κ2) is 8.07. The van der Waals surface area contributed by atoms with Gasteiger partial charge in [-0.3, -0.25) is 9.59 Å². The number of hydrogen-bond acceptors (Lipinski definition) is 6. The zero-order chi connectivity index (χ0) is 19.4. The Labute approximate surface area is 155 Å². The summed E-state index contributed by atoms with van der Waals surface area (Å²) in [7, 11) is 1.46. The molecular weight excluding hydrogens is 352 g/mol. The number of carbonyl (C=O) groups is 2. The lowest BCUT2D eigenvalue weighted by Crippen LogP contribution is -2.45. The van der Waals surface area contributed by atoms with Crippen molar-refractivity contribution >= 4 is 28.7 Å². The number of nitrogens with zero attached hydrogens (tertiary/aromatic N) is 2. The normalized spacial score (nSPS) is 16.8. The third-order valence-electron chi connectivity index (χ3n) is 4.48. The van der Waals surface area contributed by atoms with Crippen molar-refractivity contribution in [1.82, 2.24) is 14.9 Å². The maximum absolute atomic E-state index is 12.6. The molecule has 3 heterocycles. The van der Waals surface area contributed by atoms with Crippen LogP contribution in [0.4, 0.5) is 10.5 Å². The first kappa shape index (κ1) is 18.7. The van der Waals surface area contributed by atoms with E-state index >= 15 is 0 Å². The van der Waals surface area contributed by atoms with E-state index in [1.165, 1.54) is 18.2 Å². The van der Waals surface area contributed by atoms with Gasteiger partial charge in [0.25, 0.3) is 0 Å². The Morgan fingerprint density at radius 3 is 2.96 bits per heavy atom. The number of pyridine rings is 2. The third kappa shape index (κ3) is 4.02. The van der Waals surface area contributed by atoms with Gasteiger partial charge < -0.3 is 24.7 Å². The van der Waals surface area contributed by atoms with Gasteiger partial charge >= 0.3 is 12.0 Å². The molecule has 2 aromatic rings. The summed E-state index contributed by atoms with van der Waals surface area (Å²) >= 11 is 0. The molecule has 144 valence electrons. The lowest BCUT2D eigenvalue weighted by molar-refractivity contribution is -0.149. The number of H-pyrrole nitrogens is 1. The molecule has 0 unspecified atom stereocenters. The molecule has 1 fully saturated rings. The highest BCUT2D eigenvalue weighted by molar-refractivity contribution is 5.91. The van der Waals surface area contributed by atoms with E-state index in [9.17, 15) is 14.4 Å². The van der Waals surface area contributed by atoms with Crippen LogP contribution in [-0.2, 0) is 9.53 Å². The topological polar surface area (TPSA) is 114 Å². The van der Waals surface area contributed by atoms with E-state index in [4.69, 9.17) is 9.47 Å². The Kier molecular flexibility index (Phi) is 5.58. The van der Waals surface area contributed by atoms with Gasteiger partial charge in [-0.25, -0.2) is 9.78 Å². The Hall–Kier alpha value is -3.10. The molecule has 2 amide bonds. The number of nitrogens with one attached hydrogen (secondary N) is 2. The average molecular weight is 374 g/mol. The van der Waals surface area contributed by atoms with Gasteiger partial charge in [-0.15, -0.1) is 0 Å². The number of esters is 1. The predicted octanol–water partition coefficient (Wildman–Crippen LogP) is 1.74. The number of carbonyl (C=O) groups excluding carboxylic acids is 2. The SMILES string of the molecule is CCOC(=O)[C@@H]1CCCN(C(=O)Nc2c[nH]c3ccc(OC)nc3c2=O)C1. The monoisotopic (exact) mass is 374 g/mol. The van der Waals surface area contributed by atoms with Gasteiger partial charge in [-0.2, -0.15) is 0 Å². The molecule has 9 heteroatoms. The minimum atomic E-state index is -0.434.